The first kappa shape index (κ1) is 11.1. The number of fused-ring (bicyclic) bond motifs is 5. The monoisotopic (exact) mass is 247 g/mol. The van der Waals surface area contributed by atoms with Crippen LogP contribution >= 0.6 is 11.8 Å². The molecule has 3 aliphatic rings. The number of thioether (sulfide) groups is 1. The minimum Gasteiger partial charge on any atom is -0.353 e. The average molecular weight is 247 g/mol. The summed E-state index contributed by atoms with van der Waals surface area (Å²) < 4.78 is 6.01. The first-order valence-electron chi connectivity index (χ1n) is 5.80. The molecule has 4 nitrogen and oxygen atoms in total. The summed E-state index contributed by atoms with van der Waals surface area (Å²) >= 11 is 1.88. The van der Waals surface area contributed by atoms with Crippen molar-refractivity contribution in [2.45, 2.75) is 37.0 Å². The van der Waals surface area contributed by atoms with Crippen molar-refractivity contribution < 1.29 is 4.74 Å². The summed E-state index contributed by atoms with van der Waals surface area (Å²) in [5.74, 6) is 1.11. The molecule has 5 heteroatoms. The first-order chi connectivity index (χ1) is 8.20. The fourth-order valence-corrected chi connectivity index (χ4v) is 4.56. The van der Waals surface area contributed by atoms with Gasteiger partial charge in [-0.3, -0.25) is 4.90 Å². The van der Waals surface area contributed by atoms with Crippen LogP contribution in [0.4, 0.5) is 0 Å². The van der Waals surface area contributed by atoms with E-state index in [0.29, 0.717) is 0 Å². The zero-order valence-corrected chi connectivity index (χ0v) is 10.5. The summed E-state index contributed by atoms with van der Waals surface area (Å²) in [7, 11) is 0. The van der Waals surface area contributed by atoms with Crippen LogP contribution in [0, 0.1) is 22.7 Å². The first-order valence-corrected chi connectivity index (χ1v) is 6.78. The quantitative estimate of drug-likeness (QED) is 0.609. The molecule has 3 atom stereocenters. The van der Waals surface area contributed by atoms with E-state index in [2.05, 4.69) is 11.8 Å². The van der Waals surface area contributed by atoms with E-state index in [0.717, 1.165) is 30.7 Å². The molecule has 2 bridgehead atoms. The highest BCUT2D eigenvalue weighted by Crippen LogP contribution is 2.53. The Morgan fingerprint density at radius 2 is 2.29 bits per heavy atom. The standard InChI is InChI=1S/C12H13N3OS/c1-12-11-9(8(6-13)7-14)2-3-10(16-11)15(12)4-5-17-12/h10-11H,2-5H2,1H3/t10-,11+,12?/m0/s1. The molecule has 0 spiro atoms. The SMILES string of the molecule is CC12SCCN1[C@@H]1CCC(=C(C#N)C#N)[C@H]2O1. The largest absolute Gasteiger partial charge is 0.353 e. The smallest absolute Gasteiger partial charge is 0.131 e. The lowest BCUT2D eigenvalue weighted by molar-refractivity contribution is -0.00988. The lowest BCUT2D eigenvalue weighted by Crippen LogP contribution is -2.41. The van der Waals surface area contributed by atoms with E-state index in [9.17, 15) is 0 Å². The molecular weight excluding hydrogens is 234 g/mol. The van der Waals surface area contributed by atoms with E-state index in [1.54, 1.807) is 0 Å². The number of hydrogen-bond acceptors (Lipinski definition) is 5. The van der Waals surface area contributed by atoms with Crippen molar-refractivity contribution >= 4 is 11.8 Å². The van der Waals surface area contributed by atoms with Crippen LogP contribution in [0.5, 0.6) is 0 Å². The highest BCUT2D eigenvalue weighted by molar-refractivity contribution is 8.00. The molecule has 17 heavy (non-hydrogen) atoms. The van der Waals surface area contributed by atoms with Gasteiger partial charge in [0.2, 0.25) is 0 Å². The highest BCUT2D eigenvalue weighted by atomic mass is 32.2. The van der Waals surface area contributed by atoms with E-state index in [4.69, 9.17) is 15.3 Å². The van der Waals surface area contributed by atoms with Gasteiger partial charge in [0, 0.05) is 12.3 Å². The molecule has 0 aromatic carbocycles. The van der Waals surface area contributed by atoms with Gasteiger partial charge >= 0.3 is 0 Å². The molecule has 0 aromatic rings. The van der Waals surface area contributed by atoms with Crippen molar-refractivity contribution in [2.24, 2.45) is 0 Å². The van der Waals surface area contributed by atoms with Crippen molar-refractivity contribution in [3.05, 3.63) is 11.1 Å². The van der Waals surface area contributed by atoms with Crippen molar-refractivity contribution in [1.29, 1.82) is 10.5 Å². The van der Waals surface area contributed by atoms with Gasteiger partial charge in [0.1, 0.15) is 30.0 Å². The molecule has 1 unspecified atom stereocenters. The van der Waals surface area contributed by atoms with Crippen LogP contribution in [-0.4, -0.2) is 34.4 Å². The van der Waals surface area contributed by atoms with Crippen LogP contribution in [-0.2, 0) is 4.74 Å². The second-order valence-corrected chi connectivity index (χ2v) is 6.25. The minimum absolute atomic E-state index is 0.0740. The fraction of sp³-hybridized carbons (Fsp3) is 0.667. The third kappa shape index (κ3) is 1.37. The van der Waals surface area contributed by atoms with E-state index in [1.165, 1.54) is 0 Å². The molecule has 3 heterocycles. The second kappa shape index (κ2) is 3.74. The number of hydrogen-bond donors (Lipinski definition) is 0. The maximum Gasteiger partial charge on any atom is 0.131 e. The lowest BCUT2D eigenvalue weighted by atomic mass is 9.94. The van der Waals surface area contributed by atoms with Crippen LogP contribution in [0.25, 0.3) is 0 Å². The molecule has 3 rings (SSSR count). The summed E-state index contributed by atoms with van der Waals surface area (Å²) in [6.07, 6.45) is 1.82. The van der Waals surface area contributed by atoms with Gasteiger partial charge < -0.3 is 4.74 Å². The Kier molecular flexibility index (Phi) is 2.45. The van der Waals surface area contributed by atoms with E-state index >= 15 is 0 Å². The number of allylic oxidation sites excluding steroid dienone is 1. The van der Waals surface area contributed by atoms with Gasteiger partial charge in [-0.05, 0) is 25.3 Å². The Hall–Kier alpha value is -1.01. The van der Waals surface area contributed by atoms with E-state index in [-0.39, 0.29) is 22.8 Å². The van der Waals surface area contributed by atoms with Gasteiger partial charge in [0.15, 0.2) is 0 Å². The minimum atomic E-state index is -0.0805. The molecule has 0 aliphatic carbocycles. The third-order valence-electron chi connectivity index (χ3n) is 3.95. The van der Waals surface area contributed by atoms with Gasteiger partial charge in [-0.15, -0.1) is 11.8 Å². The average Bonchev–Trinajstić information content (AvgIpc) is 2.82. The van der Waals surface area contributed by atoms with Gasteiger partial charge in [-0.25, -0.2) is 0 Å². The number of ether oxygens (including phenoxy) is 1. The van der Waals surface area contributed by atoms with Crippen molar-refractivity contribution in [3.8, 4) is 12.1 Å². The van der Waals surface area contributed by atoms with Gasteiger partial charge in [0.25, 0.3) is 0 Å². The maximum atomic E-state index is 9.02. The maximum absolute atomic E-state index is 9.02. The molecule has 3 aliphatic heterocycles. The predicted octanol–water partition coefficient (Wildman–Crippen LogP) is 1.61. The molecule has 3 saturated heterocycles. The third-order valence-corrected chi connectivity index (χ3v) is 5.37. The van der Waals surface area contributed by atoms with Gasteiger partial charge in [-0.1, -0.05) is 0 Å². The molecule has 0 aromatic heterocycles. The summed E-state index contributed by atoms with van der Waals surface area (Å²) in [5, 5.41) is 18.0. The molecule has 88 valence electrons. The van der Waals surface area contributed by atoms with Crippen LogP contribution in [0.15, 0.2) is 11.1 Å². The van der Waals surface area contributed by atoms with E-state index in [1.807, 2.05) is 23.9 Å². The Morgan fingerprint density at radius 3 is 3.00 bits per heavy atom. The summed E-state index contributed by atoms with van der Waals surface area (Å²) in [4.78, 5) is 2.32. The van der Waals surface area contributed by atoms with Crippen LogP contribution in [0.1, 0.15) is 19.8 Å². The van der Waals surface area contributed by atoms with Crippen molar-refractivity contribution in [2.75, 3.05) is 12.3 Å². The molecule has 0 radical (unpaired) electrons. The Bertz CT molecular complexity index is 459. The topological polar surface area (TPSA) is 60.0 Å². The zero-order valence-electron chi connectivity index (χ0n) is 9.64. The summed E-state index contributed by atoms with van der Waals surface area (Å²) in [6.45, 7) is 3.22. The number of nitriles is 2. The lowest BCUT2D eigenvalue weighted by Gasteiger charge is -2.30. The predicted molar refractivity (Wildman–Crippen MR) is 63.7 cm³/mol. The molecule has 0 N–H and O–H groups in total. The van der Waals surface area contributed by atoms with Crippen LogP contribution < -0.4 is 0 Å². The van der Waals surface area contributed by atoms with Crippen molar-refractivity contribution in [1.82, 2.24) is 4.90 Å². The number of rotatable bonds is 0. The molecule has 0 amide bonds. The Balaban J connectivity index is 2.06. The Labute approximate surface area is 105 Å². The van der Waals surface area contributed by atoms with Crippen LogP contribution in [0.3, 0.4) is 0 Å². The van der Waals surface area contributed by atoms with Gasteiger partial charge in [-0.2, -0.15) is 10.5 Å². The Morgan fingerprint density at radius 1 is 1.53 bits per heavy atom. The summed E-state index contributed by atoms with van der Waals surface area (Å²) in [5.41, 5.74) is 1.16. The molecule has 3 fully saturated rings. The van der Waals surface area contributed by atoms with Gasteiger partial charge in [0.05, 0.1) is 4.87 Å². The fourth-order valence-electron chi connectivity index (χ4n) is 3.13. The van der Waals surface area contributed by atoms with Crippen LogP contribution in [0.2, 0.25) is 0 Å². The normalized spacial score (nSPS) is 39.6. The zero-order chi connectivity index (χ0) is 12.0. The van der Waals surface area contributed by atoms with Crippen molar-refractivity contribution in [3.63, 3.8) is 0 Å². The molecular formula is C12H13N3OS. The number of nitrogens with zero attached hydrogens (tertiary/aromatic N) is 3. The molecule has 0 saturated carbocycles. The summed E-state index contributed by atoms with van der Waals surface area (Å²) in [6, 6.07) is 4.02. The highest BCUT2D eigenvalue weighted by Gasteiger charge is 2.58. The van der Waals surface area contributed by atoms with E-state index < -0.39 is 0 Å². The second-order valence-electron chi connectivity index (χ2n) is 4.73.